The highest BCUT2D eigenvalue weighted by Crippen LogP contribution is 2.26. The van der Waals surface area contributed by atoms with E-state index in [1.54, 1.807) is 24.3 Å². The van der Waals surface area contributed by atoms with Crippen molar-refractivity contribution in [2.45, 2.75) is 37.6 Å². The molecule has 1 aliphatic heterocycles. The molecule has 1 fully saturated rings. The zero-order valence-electron chi connectivity index (χ0n) is 13.4. The fraction of sp³-hybridized carbons (Fsp3) is 0.500. The van der Waals surface area contributed by atoms with E-state index in [0.717, 1.165) is 0 Å². The molecule has 2 unspecified atom stereocenters. The summed E-state index contributed by atoms with van der Waals surface area (Å²) in [7, 11) is 0. The minimum Gasteiger partial charge on any atom is -0.384 e. The van der Waals surface area contributed by atoms with Gasteiger partial charge < -0.3 is 15.3 Å². The van der Waals surface area contributed by atoms with Gasteiger partial charge in [0.15, 0.2) is 0 Å². The summed E-state index contributed by atoms with van der Waals surface area (Å²) >= 11 is 5.78. The van der Waals surface area contributed by atoms with Crippen LogP contribution in [0.3, 0.4) is 0 Å². The van der Waals surface area contributed by atoms with Crippen molar-refractivity contribution in [1.82, 2.24) is 10.2 Å². The minimum absolute atomic E-state index is 0.121. The third kappa shape index (κ3) is 4.64. The lowest BCUT2D eigenvalue weighted by Crippen LogP contribution is -2.51. The van der Waals surface area contributed by atoms with Gasteiger partial charge in [-0.25, -0.2) is 0 Å². The van der Waals surface area contributed by atoms with Crippen molar-refractivity contribution in [3.05, 3.63) is 34.9 Å². The zero-order chi connectivity index (χ0) is 18.8. The Kier molecular flexibility index (Phi) is 5.63. The van der Waals surface area contributed by atoms with Gasteiger partial charge in [-0.2, -0.15) is 13.2 Å². The number of carbonyl (C=O) groups excluding carboxylic acids is 2. The quantitative estimate of drug-likeness (QED) is 0.844. The Labute approximate surface area is 147 Å². The van der Waals surface area contributed by atoms with Gasteiger partial charge in [0.05, 0.1) is 6.54 Å². The maximum Gasteiger partial charge on any atom is 0.471 e. The van der Waals surface area contributed by atoms with Gasteiger partial charge in [0.1, 0.15) is 11.6 Å². The van der Waals surface area contributed by atoms with Crippen LogP contribution in [0.25, 0.3) is 0 Å². The number of likely N-dealkylation sites (tertiary alicyclic amines) is 1. The van der Waals surface area contributed by atoms with Gasteiger partial charge in [-0.3, -0.25) is 9.59 Å². The van der Waals surface area contributed by atoms with E-state index in [1.807, 2.05) is 0 Å². The highest BCUT2D eigenvalue weighted by atomic mass is 35.5. The number of hydrogen-bond donors (Lipinski definition) is 2. The number of carbonyl (C=O) groups is 2. The van der Waals surface area contributed by atoms with Crippen LogP contribution < -0.4 is 5.32 Å². The summed E-state index contributed by atoms with van der Waals surface area (Å²) in [6.45, 7) is 1.13. The molecule has 9 heteroatoms. The van der Waals surface area contributed by atoms with E-state index in [-0.39, 0.29) is 19.5 Å². The van der Waals surface area contributed by atoms with Crippen molar-refractivity contribution in [3.8, 4) is 0 Å². The van der Waals surface area contributed by atoms with Crippen LogP contribution in [-0.2, 0) is 15.2 Å². The second kappa shape index (κ2) is 7.21. The molecule has 0 aromatic heterocycles. The normalized spacial score (nSPS) is 20.2. The molecule has 138 valence electrons. The number of benzene rings is 1. The summed E-state index contributed by atoms with van der Waals surface area (Å²) in [5, 5.41) is 13.4. The number of hydrogen-bond acceptors (Lipinski definition) is 3. The zero-order valence-corrected chi connectivity index (χ0v) is 14.2. The molecule has 1 aromatic carbocycles. The summed E-state index contributed by atoms with van der Waals surface area (Å²) in [6, 6.07) is 5.14. The topological polar surface area (TPSA) is 69.6 Å². The lowest BCUT2D eigenvalue weighted by Gasteiger charge is -2.28. The van der Waals surface area contributed by atoms with Crippen molar-refractivity contribution >= 4 is 23.4 Å². The van der Waals surface area contributed by atoms with Crippen LogP contribution in [0, 0.1) is 0 Å². The molecule has 0 radical (unpaired) electrons. The van der Waals surface area contributed by atoms with Gasteiger partial charge in [-0.1, -0.05) is 23.7 Å². The Morgan fingerprint density at radius 3 is 2.48 bits per heavy atom. The van der Waals surface area contributed by atoms with Crippen LogP contribution in [0.15, 0.2) is 24.3 Å². The van der Waals surface area contributed by atoms with E-state index in [9.17, 15) is 27.9 Å². The Balaban J connectivity index is 2.01. The highest BCUT2D eigenvalue weighted by molar-refractivity contribution is 6.30. The molecule has 2 atom stereocenters. The molecule has 1 aromatic rings. The first-order valence-electron chi connectivity index (χ1n) is 7.66. The van der Waals surface area contributed by atoms with E-state index in [0.29, 0.717) is 21.9 Å². The molecule has 5 nitrogen and oxygen atoms in total. The first-order chi connectivity index (χ1) is 11.5. The molecule has 25 heavy (non-hydrogen) atoms. The summed E-state index contributed by atoms with van der Waals surface area (Å²) in [6.07, 6.45) is -4.55. The average Bonchev–Trinajstić information content (AvgIpc) is 3.01. The lowest BCUT2D eigenvalue weighted by molar-refractivity contribution is -0.186. The summed E-state index contributed by atoms with van der Waals surface area (Å²) < 4.78 is 37.8. The van der Waals surface area contributed by atoms with E-state index in [2.05, 4.69) is 5.32 Å². The third-order valence-electron chi connectivity index (χ3n) is 4.13. The third-order valence-corrected chi connectivity index (χ3v) is 4.38. The number of nitrogens with zero attached hydrogens (tertiary/aromatic N) is 1. The standard InChI is InChI=1S/C16H18ClF3N2O3/c1-15(25,10-4-6-11(17)7-5-10)9-21-13(23)12-3-2-8-22(12)14(24)16(18,19)20/h4-7,12,25H,2-3,8-9H2,1H3,(H,21,23). The fourth-order valence-electron chi connectivity index (χ4n) is 2.73. The Morgan fingerprint density at radius 1 is 1.32 bits per heavy atom. The monoisotopic (exact) mass is 378 g/mol. The number of rotatable bonds is 4. The van der Waals surface area contributed by atoms with Crippen molar-refractivity contribution in [2.75, 3.05) is 13.1 Å². The summed E-state index contributed by atoms with van der Waals surface area (Å²) in [5.74, 6) is -2.74. The predicted molar refractivity (Wildman–Crippen MR) is 84.8 cm³/mol. The number of aliphatic hydroxyl groups is 1. The molecule has 0 aliphatic carbocycles. The second-order valence-electron chi connectivity index (χ2n) is 6.15. The van der Waals surface area contributed by atoms with Gasteiger partial charge in [0.25, 0.3) is 0 Å². The van der Waals surface area contributed by atoms with Gasteiger partial charge >= 0.3 is 12.1 Å². The van der Waals surface area contributed by atoms with E-state index in [1.165, 1.54) is 6.92 Å². The Morgan fingerprint density at radius 2 is 1.92 bits per heavy atom. The first kappa shape index (κ1) is 19.5. The summed E-state index contributed by atoms with van der Waals surface area (Å²) in [4.78, 5) is 24.1. The Bertz CT molecular complexity index is 647. The van der Waals surface area contributed by atoms with Gasteiger partial charge in [0.2, 0.25) is 5.91 Å². The molecule has 2 N–H and O–H groups in total. The van der Waals surface area contributed by atoms with Crippen LogP contribution in [0.5, 0.6) is 0 Å². The van der Waals surface area contributed by atoms with Crippen molar-refractivity contribution < 1.29 is 27.9 Å². The van der Waals surface area contributed by atoms with Crippen molar-refractivity contribution in [3.63, 3.8) is 0 Å². The SMILES string of the molecule is CC(O)(CNC(=O)C1CCCN1C(=O)C(F)(F)F)c1ccc(Cl)cc1. The molecule has 2 amide bonds. The molecule has 0 bridgehead atoms. The van der Waals surface area contributed by atoms with Crippen LogP contribution in [0.2, 0.25) is 5.02 Å². The average molecular weight is 379 g/mol. The van der Waals surface area contributed by atoms with Crippen molar-refractivity contribution in [1.29, 1.82) is 0 Å². The first-order valence-corrected chi connectivity index (χ1v) is 8.04. The van der Waals surface area contributed by atoms with E-state index >= 15 is 0 Å². The molecule has 1 heterocycles. The number of amides is 2. The second-order valence-corrected chi connectivity index (χ2v) is 6.59. The number of nitrogens with one attached hydrogen (secondary N) is 1. The minimum atomic E-state index is -5.02. The summed E-state index contributed by atoms with van der Waals surface area (Å²) in [5.41, 5.74) is -0.940. The van der Waals surface area contributed by atoms with Crippen LogP contribution in [-0.4, -0.2) is 47.1 Å². The maximum atomic E-state index is 12.6. The van der Waals surface area contributed by atoms with Crippen LogP contribution in [0.1, 0.15) is 25.3 Å². The van der Waals surface area contributed by atoms with Gasteiger partial charge in [-0.15, -0.1) is 0 Å². The lowest BCUT2D eigenvalue weighted by atomic mass is 9.96. The smallest absolute Gasteiger partial charge is 0.384 e. The molecule has 0 spiro atoms. The number of alkyl halides is 3. The molecule has 2 rings (SSSR count). The number of halogens is 4. The maximum absolute atomic E-state index is 12.6. The van der Waals surface area contributed by atoms with Gasteiger partial charge in [0, 0.05) is 11.6 Å². The fourth-order valence-corrected chi connectivity index (χ4v) is 2.86. The van der Waals surface area contributed by atoms with Crippen LogP contribution in [0.4, 0.5) is 13.2 Å². The van der Waals surface area contributed by atoms with E-state index < -0.39 is 29.6 Å². The molecule has 1 saturated heterocycles. The molecular weight excluding hydrogens is 361 g/mol. The van der Waals surface area contributed by atoms with E-state index in [4.69, 9.17) is 11.6 Å². The molecule has 0 saturated carbocycles. The van der Waals surface area contributed by atoms with Crippen LogP contribution >= 0.6 is 11.6 Å². The molecular formula is C16H18ClF3N2O3. The largest absolute Gasteiger partial charge is 0.471 e. The Hall–Kier alpha value is -1.80. The predicted octanol–water partition coefficient (Wildman–Crippen LogP) is 2.22. The van der Waals surface area contributed by atoms with Gasteiger partial charge in [-0.05, 0) is 37.5 Å². The molecule has 1 aliphatic rings. The van der Waals surface area contributed by atoms with Crippen molar-refractivity contribution in [2.24, 2.45) is 0 Å². The highest BCUT2D eigenvalue weighted by Gasteiger charge is 2.47.